The Balaban J connectivity index is 1.81. The topological polar surface area (TPSA) is 38.3 Å². The van der Waals surface area contributed by atoms with E-state index in [9.17, 15) is 4.79 Å². The molecule has 4 heteroatoms. The zero-order valence-electron chi connectivity index (χ0n) is 11.2. The maximum atomic E-state index is 11.9. The first-order chi connectivity index (χ1) is 9.79. The van der Waals surface area contributed by atoms with E-state index < -0.39 is 0 Å². The lowest BCUT2D eigenvalue weighted by molar-refractivity contribution is 0.0954. The molecule has 0 aliphatic rings. The number of benzene rings is 1. The van der Waals surface area contributed by atoms with Crippen LogP contribution in [0.4, 0.5) is 0 Å². The molecule has 0 radical (unpaired) electrons. The summed E-state index contributed by atoms with van der Waals surface area (Å²) in [7, 11) is 0. The molecule has 0 saturated heterocycles. The van der Waals surface area contributed by atoms with E-state index in [2.05, 4.69) is 18.0 Å². The summed E-state index contributed by atoms with van der Waals surface area (Å²) >= 11 is 1.70. The van der Waals surface area contributed by atoms with Crippen molar-refractivity contribution in [3.8, 4) is 5.75 Å². The first-order valence-electron chi connectivity index (χ1n) is 6.44. The van der Waals surface area contributed by atoms with Gasteiger partial charge in [-0.05, 0) is 42.1 Å². The van der Waals surface area contributed by atoms with E-state index in [1.165, 1.54) is 4.88 Å². The number of thiophene rings is 1. The van der Waals surface area contributed by atoms with Crippen molar-refractivity contribution in [1.29, 1.82) is 0 Å². The van der Waals surface area contributed by atoms with Gasteiger partial charge in [0.1, 0.15) is 12.4 Å². The van der Waals surface area contributed by atoms with Gasteiger partial charge >= 0.3 is 0 Å². The van der Waals surface area contributed by atoms with Crippen molar-refractivity contribution in [2.75, 3.05) is 13.2 Å². The van der Waals surface area contributed by atoms with Gasteiger partial charge in [0.15, 0.2) is 0 Å². The second-order valence-electron chi connectivity index (χ2n) is 4.21. The number of hydrogen-bond donors (Lipinski definition) is 1. The number of hydrogen-bond acceptors (Lipinski definition) is 3. The lowest BCUT2D eigenvalue weighted by Crippen LogP contribution is -2.25. The molecule has 1 aromatic heterocycles. The third-order valence-corrected chi connectivity index (χ3v) is 3.66. The normalized spacial score (nSPS) is 10.0. The lowest BCUT2D eigenvalue weighted by Gasteiger charge is -2.06. The molecule has 1 heterocycles. The fraction of sp³-hybridized carbons (Fsp3) is 0.188. The fourth-order valence-corrected chi connectivity index (χ4v) is 2.42. The maximum absolute atomic E-state index is 11.9. The Morgan fingerprint density at radius 3 is 2.75 bits per heavy atom. The van der Waals surface area contributed by atoms with Crippen LogP contribution < -0.4 is 10.1 Å². The highest BCUT2D eigenvalue weighted by molar-refractivity contribution is 7.09. The van der Waals surface area contributed by atoms with Crippen molar-refractivity contribution in [2.24, 2.45) is 0 Å². The summed E-state index contributed by atoms with van der Waals surface area (Å²) < 4.78 is 5.37. The molecule has 0 aliphatic carbocycles. The van der Waals surface area contributed by atoms with Gasteiger partial charge in [0.25, 0.3) is 5.91 Å². The molecule has 0 fully saturated rings. The molecule has 104 valence electrons. The number of nitrogens with one attached hydrogen (secondary N) is 1. The van der Waals surface area contributed by atoms with Crippen molar-refractivity contribution < 1.29 is 9.53 Å². The summed E-state index contributed by atoms with van der Waals surface area (Å²) in [6, 6.07) is 11.2. The largest absolute Gasteiger partial charge is 0.490 e. The van der Waals surface area contributed by atoms with Crippen molar-refractivity contribution in [3.05, 3.63) is 64.9 Å². The Kier molecular flexibility index (Phi) is 5.38. The molecule has 0 bridgehead atoms. The third kappa shape index (κ3) is 4.24. The fourth-order valence-electron chi connectivity index (χ4n) is 1.71. The number of carbonyl (C=O) groups is 1. The average Bonchev–Trinajstić information content (AvgIpc) is 2.99. The van der Waals surface area contributed by atoms with E-state index in [-0.39, 0.29) is 5.91 Å². The number of rotatable bonds is 7. The van der Waals surface area contributed by atoms with Gasteiger partial charge in [-0.2, -0.15) is 0 Å². The summed E-state index contributed by atoms with van der Waals surface area (Å²) in [4.78, 5) is 13.2. The molecule has 2 rings (SSSR count). The highest BCUT2D eigenvalue weighted by Gasteiger charge is 2.05. The smallest absolute Gasteiger partial charge is 0.251 e. The molecule has 0 aliphatic heterocycles. The molecule has 1 amide bonds. The van der Waals surface area contributed by atoms with Crippen LogP contribution in [0.2, 0.25) is 0 Å². The number of carbonyl (C=O) groups excluding carboxylic acids is 1. The highest BCUT2D eigenvalue weighted by atomic mass is 32.1. The monoisotopic (exact) mass is 287 g/mol. The summed E-state index contributed by atoms with van der Waals surface area (Å²) in [5.41, 5.74) is 0.641. The van der Waals surface area contributed by atoms with Crippen LogP contribution in [0.25, 0.3) is 0 Å². The molecule has 0 spiro atoms. The van der Waals surface area contributed by atoms with Gasteiger partial charge in [-0.3, -0.25) is 4.79 Å². The minimum Gasteiger partial charge on any atom is -0.490 e. The Bertz CT molecular complexity index is 546. The van der Waals surface area contributed by atoms with Gasteiger partial charge in [-0.1, -0.05) is 18.7 Å². The molecule has 1 aromatic carbocycles. The second-order valence-corrected chi connectivity index (χ2v) is 5.24. The van der Waals surface area contributed by atoms with Crippen LogP contribution in [0, 0.1) is 0 Å². The van der Waals surface area contributed by atoms with E-state index in [1.807, 2.05) is 11.4 Å². The molecule has 2 aromatic rings. The number of ether oxygens (including phenoxy) is 1. The van der Waals surface area contributed by atoms with Crippen LogP contribution in [0.3, 0.4) is 0 Å². The van der Waals surface area contributed by atoms with Gasteiger partial charge in [0.2, 0.25) is 0 Å². The summed E-state index contributed by atoms with van der Waals surface area (Å²) in [5.74, 6) is 0.678. The average molecular weight is 287 g/mol. The first-order valence-corrected chi connectivity index (χ1v) is 7.32. The van der Waals surface area contributed by atoms with E-state index >= 15 is 0 Å². The Morgan fingerprint density at radius 1 is 1.30 bits per heavy atom. The highest BCUT2D eigenvalue weighted by Crippen LogP contribution is 2.12. The van der Waals surface area contributed by atoms with Gasteiger partial charge in [-0.15, -0.1) is 11.3 Å². The first kappa shape index (κ1) is 14.3. The van der Waals surface area contributed by atoms with Crippen LogP contribution in [0.15, 0.2) is 54.4 Å². The second kappa shape index (κ2) is 7.50. The van der Waals surface area contributed by atoms with E-state index in [4.69, 9.17) is 4.74 Å². The van der Waals surface area contributed by atoms with Gasteiger partial charge in [0.05, 0.1) is 0 Å². The van der Waals surface area contributed by atoms with Gasteiger partial charge < -0.3 is 10.1 Å². The number of amides is 1. The molecular weight excluding hydrogens is 270 g/mol. The van der Waals surface area contributed by atoms with Crippen LogP contribution >= 0.6 is 11.3 Å². The van der Waals surface area contributed by atoms with Crippen molar-refractivity contribution in [3.63, 3.8) is 0 Å². The van der Waals surface area contributed by atoms with E-state index in [0.717, 1.165) is 12.2 Å². The van der Waals surface area contributed by atoms with E-state index in [0.29, 0.717) is 18.7 Å². The zero-order chi connectivity index (χ0) is 14.2. The maximum Gasteiger partial charge on any atom is 0.251 e. The molecular formula is C16H17NO2S. The lowest BCUT2D eigenvalue weighted by atomic mass is 10.2. The minimum absolute atomic E-state index is 0.0585. The van der Waals surface area contributed by atoms with E-state index in [1.54, 1.807) is 41.7 Å². The molecule has 0 unspecified atom stereocenters. The zero-order valence-corrected chi connectivity index (χ0v) is 12.0. The summed E-state index contributed by atoms with van der Waals surface area (Å²) in [6.07, 6.45) is 2.55. The van der Waals surface area contributed by atoms with Crippen LogP contribution in [0.1, 0.15) is 15.2 Å². The van der Waals surface area contributed by atoms with Crippen LogP contribution in [0.5, 0.6) is 5.75 Å². The Hall–Kier alpha value is -2.07. The quantitative estimate of drug-likeness (QED) is 0.794. The summed E-state index contributed by atoms with van der Waals surface area (Å²) in [5, 5.41) is 4.95. The Morgan fingerprint density at radius 2 is 2.10 bits per heavy atom. The SMILES string of the molecule is C=CCOc1ccc(C(=O)NCCc2cccs2)cc1. The van der Waals surface area contributed by atoms with Crippen LogP contribution in [-0.2, 0) is 6.42 Å². The van der Waals surface area contributed by atoms with Crippen molar-refractivity contribution in [2.45, 2.75) is 6.42 Å². The standard InChI is InChI=1S/C16H17NO2S/c1-2-11-19-14-7-5-13(6-8-14)16(18)17-10-9-15-4-3-12-20-15/h2-8,12H,1,9-11H2,(H,17,18). The minimum atomic E-state index is -0.0585. The third-order valence-electron chi connectivity index (χ3n) is 2.72. The van der Waals surface area contributed by atoms with Gasteiger partial charge in [-0.25, -0.2) is 0 Å². The predicted octanol–water partition coefficient (Wildman–Crippen LogP) is 3.29. The van der Waals surface area contributed by atoms with Crippen molar-refractivity contribution in [1.82, 2.24) is 5.32 Å². The molecule has 0 saturated carbocycles. The Labute approximate surface area is 122 Å². The van der Waals surface area contributed by atoms with Crippen molar-refractivity contribution >= 4 is 17.2 Å². The van der Waals surface area contributed by atoms with Crippen LogP contribution in [-0.4, -0.2) is 19.1 Å². The molecule has 1 N–H and O–H groups in total. The summed E-state index contributed by atoms with van der Waals surface area (Å²) in [6.45, 7) is 4.70. The van der Waals surface area contributed by atoms with Gasteiger partial charge in [0, 0.05) is 17.0 Å². The molecule has 3 nitrogen and oxygen atoms in total. The molecule has 0 atom stereocenters. The predicted molar refractivity (Wildman–Crippen MR) is 82.5 cm³/mol. The molecule has 20 heavy (non-hydrogen) atoms.